The Hall–Kier alpha value is -1.69. The van der Waals surface area contributed by atoms with E-state index in [2.05, 4.69) is 29.2 Å². The van der Waals surface area contributed by atoms with Crippen molar-refractivity contribution < 1.29 is 0 Å². The van der Waals surface area contributed by atoms with Crippen LogP contribution in [-0.4, -0.2) is 33.3 Å². The van der Waals surface area contributed by atoms with Crippen LogP contribution in [-0.2, 0) is 5.75 Å². The van der Waals surface area contributed by atoms with Crippen LogP contribution >= 0.6 is 23.1 Å². The van der Waals surface area contributed by atoms with Crippen LogP contribution in [0.25, 0.3) is 11.0 Å². The number of fused-ring (bicyclic) bond motifs is 1. The summed E-state index contributed by atoms with van der Waals surface area (Å²) in [6, 6.07) is 18.4. The number of para-hydroxylation sites is 2. The fourth-order valence-electron chi connectivity index (χ4n) is 2.25. The third kappa shape index (κ3) is 3.80. The number of nitrogens with zero attached hydrogens (tertiary/aromatic N) is 3. The molecule has 3 aromatic rings. The van der Waals surface area contributed by atoms with E-state index in [-0.39, 0.29) is 10.5 Å². The molecule has 118 valence electrons. The summed E-state index contributed by atoms with van der Waals surface area (Å²) in [4.78, 5) is 11.4. The molecule has 0 amide bonds. The molecule has 1 unspecified atom stereocenters. The molecule has 1 aromatic heterocycles. The Morgan fingerprint density at radius 3 is 2.35 bits per heavy atom. The van der Waals surface area contributed by atoms with Crippen LogP contribution in [0, 0.1) is 0 Å². The molecule has 0 aliphatic carbocycles. The fourth-order valence-corrected chi connectivity index (χ4v) is 4.55. The first kappa shape index (κ1) is 16.2. The standard InChI is InChI=1S/C18H19N3S2/c1-21(2)18(22)23(13-14-8-4-3-5-9-14)17-12-19-15-10-6-7-11-16(15)20-17/h3-12,22H,13H2,1-2H3. The van der Waals surface area contributed by atoms with Crippen LogP contribution in [0.15, 0.2) is 65.8 Å². The van der Waals surface area contributed by atoms with Crippen molar-refractivity contribution >= 4 is 38.5 Å². The van der Waals surface area contributed by atoms with Crippen molar-refractivity contribution in [3.05, 3.63) is 66.4 Å². The number of aromatic nitrogens is 2. The van der Waals surface area contributed by atoms with Crippen LogP contribution in [0.2, 0.25) is 0 Å². The van der Waals surface area contributed by atoms with Crippen molar-refractivity contribution in [3.8, 4) is 0 Å². The van der Waals surface area contributed by atoms with Gasteiger partial charge in [0.2, 0.25) is 0 Å². The van der Waals surface area contributed by atoms with E-state index in [1.165, 1.54) is 5.56 Å². The van der Waals surface area contributed by atoms with Crippen molar-refractivity contribution in [3.63, 3.8) is 0 Å². The van der Waals surface area contributed by atoms with Gasteiger partial charge in [-0.25, -0.2) is 4.98 Å². The number of hydrogen-bond donors (Lipinski definition) is 1. The molecular weight excluding hydrogens is 322 g/mol. The normalized spacial score (nSPS) is 13.3. The average Bonchev–Trinajstić information content (AvgIpc) is 2.59. The third-order valence-electron chi connectivity index (χ3n) is 3.44. The van der Waals surface area contributed by atoms with E-state index in [0.29, 0.717) is 0 Å². The van der Waals surface area contributed by atoms with Crippen molar-refractivity contribution in [1.82, 2.24) is 14.9 Å². The van der Waals surface area contributed by atoms with Gasteiger partial charge in [0, 0.05) is 5.75 Å². The summed E-state index contributed by atoms with van der Waals surface area (Å²) >= 11 is 4.74. The van der Waals surface area contributed by atoms with Crippen LogP contribution in [0.5, 0.6) is 0 Å². The Kier molecular flexibility index (Phi) is 5.10. The monoisotopic (exact) mass is 341 g/mol. The van der Waals surface area contributed by atoms with Crippen molar-refractivity contribution in [2.45, 2.75) is 10.8 Å². The largest absolute Gasteiger partial charge is 0.271 e. The molecule has 5 heteroatoms. The number of benzene rings is 2. The highest BCUT2D eigenvalue weighted by Gasteiger charge is 2.11. The minimum absolute atomic E-state index is 0.237. The van der Waals surface area contributed by atoms with Crippen molar-refractivity contribution in [2.24, 2.45) is 0 Å². The Labute approximate surface area is 144 Å². The van der Waals surface area contributed by atoms with Crippen LogP contribution in [0.4, 0.5) is 0 Å². The molecule has 0 aliphatic heterocycles. The van der Waals surface area contributed by atoms with Gasteiger partial charge in [-0.1, -0.05) is 42.5 Å². The van der Waals surface area contributed by atoms with Gasteiger partial charge in [-0.15, -0.1) is 23.1 Å². The summed E-state index contributed by atoms with van der Waals surface area (Å²) in [5, 5.41) is 0.978. The lowest BCUT2D eigenvalue weighted by atomic mass is 10.2. The first-order chi connectivity index (χ1) is 11.1. The molecule has 0 bridgehead atoms. The Morgan fingerprint density at radius 1 is 1.00 bits per heavy atom. The highest BCUT2D eigenvalue weighted by atomic mass is 32.2. The van der Waals surface area contributed by atoms with E-state index >= 15 is 0 Å². The Morgan fingerprint density at radius 2 is 1.65 bits per heavy atom. The van der Waals surface area contributed by atoms with Gasteiger partial charge in [-0.2, -0.15) is 0 Å². The van der Waals surface area contributed by atoms with Crippen LogP contribution in [0.3, 0.4) is 0 Å². The molecule has 0 spiro atoms. The second-order valence-electron chi connectivity index (χ2n) is 5.39. The maximum absolute atomic E-state index is 4.83. The summed E-state index contributed by atoms with van der Waals surface area (Å²) in [5.41, 5.74) is 3.12. The van der Waals surface area contributed by atoms with Crippen molar-refractivity contribution in [1.29, 1.82) is 0 Å². The van der Waals surface area contributed by atoms with Gasteiger partial charge >= 0.3 is 0 Å². The number of rotatable bonds is 3. The highest BCUT2D eigenvalue weighted by Crippen LogP contribution is 2.33. The SMILES string of the molecule is CN(C)/C(S)=S(\Cc1ccccc1)c1cnc2ccccc2n1. The molecular formula is C18H19N3S2. The predicted octanol–water partition coefficient (Wildman–Crippen LogP) is 4.04. The molecule has 0 radical (unpaired) electrons. The average molecular weight is 342 g/mol. The summed E-state index contributed by atoms with van der Waals surface area (Å²) in [7, 11) is 3.79. The fraction of sp³-hybridized carbons (Fsp3) is 0.167. The molecule has 0 saturated heterocycles. The summed E-state index contributed by atoms with van der Waals surface area (Å²) in [6.07, 6.45) is 1.88. The lowest BCUT2D eigenvalue weighted by molar-refractivity contribution is 0.647. The maximum atomic E-state index is 4.83. The topological polar surface area (TPSA) is 29.0 Å². The lowest BCUT2D eigenvalue weighted by Crippen LogP contribution is -2.17. The zero-order chi connectivity index (χ0) is 16.2. The van der Waals surface area contributed by atoms with E-state index in [1.54, 1.807) is 0 Å². The smallest absolute Gasteiger partial charge is 0.112 e. The third-order valence-corrected chi connectivity index (χ3v) is 6.63. The summed E-state index contributed by atoms with van der Waals surface area (Å²) in [5.74, 6) is 0.880. The quantitative estimate of drug-likeness (QED) is 0.576. The van der Waals surface area contributed by atoms with Crippen LogP contribution in [0.1, 0.15) is 5.56 Å². The first-order valence-electron chi connectivity index (χ1n) is 7.35. The maximum Gasteiger partial charge on any atom is 0.112 e. The highest BCUT2D eigenvalue weighted by molar-refractivity contribution is 8.27. The molecule has 1 atom stereocenters. The van der Waals surface area contributed by atoms with E-state index in [0.717, 1.165) is 26.1 Å². The Balaban J connectivity index is 2.08. The summed E-state index contributed by atoms with van der Waals surface area (Å²) in [6.45, 7) is 0. The van der Waals surface area contributed by atoms with E-state index < -0.39 is 0 Å². The molecule has 2 aromatic carbocycles. The number of hydrogen-bond acceptors (Lipinski definition) is 2. The van der Waals surface area contributed by atoms with E-state index in [9.17, 15) is 0 Å². The molecule has 1 heterocycles. The van der Waals surface area contributed by atoms with Gasteiger partial charge < -0.3 is 0 Å². The second kappa shape index (κ2) is 7.25. The first-order valence-corrected chi connectivity index (χ1v) is 9.19. The van der Waals surface area contributed by atoms with Gasteiger partial charge in [0.05, 0.1) is 21.6 Å². The molecule has 0 aliphatic rings. The second-order valence-corrected chi connectivity index (χ2v) is 8.00. The molecule has 0 fully saturated rings. The minimum Gasteiger partial charge on any atom is -0.271 e. The van der Waals surface area contributed by atoms with Gasteiger partial charge in [-0.05, 0) is 31.8 Å². The molecule has 3 nitrogen and oxygen atoms in total. The zero-order valence-corrected chi connectivity index (χ0v) is 14.9. The van der Waals surface area contributed by atoms with Crippen molar-refractivity contribution in [2.75, 3.05) is 14.1 Å². The van der Waals surface area contributed by atoms with Gasteiger partial charge in [0.1, 0.15) is 5.03 Å². The molecule has 0 saturated carbocycles. The lowest BCUT2D eigenvalue weighted by Gasteiger charge is -2.17. The predicted molar refractivity (Wildman–Crippen MR) is 103 cm³/mol. The van der Waals surface area contributed by atoms with Gasteiger partial charge in [0.15, 0.2) is 0 Å². The molecule has 0 N–H and O–H groups in total. The summed E-state index contributed by atoms with van der Waals surface area (Å²) < 4.78 is 1.01. The Bertz CT molecular complexity index is 845. The van der Waals surface area contributed by atoms with E-state index in [1.807, 2.05) is 55.5 Å². The van der Waals surface area contributed by atoms with Crippen LogP contribution < -0.4 is 0 Å². The molecule has 3 rings (SSSR count). The van der Waals surface area contributed by atoms with Gasteiger partial charge in [0.25, 0.3) is 0 Å². The van der Waals surface area contributed by atoms with E-state index in [4.69, 9.17) is 17.6 Å². The van der Waals surface area contributed by atoms with Gasteiger partial charge in [-0.3, -0.25) is 9.88 Å². The minimum atomic E-state index is -0.237. The molecule has 23 heavy (non-hydrogen) atoms. The zero-order valence-electron chi connectivity index (χ0n) is 13.2. The number of thiol groups is 1.